The Bertz CT molecular complexity index is 911. The largest absolute Gasteiger partial charge is 0.481 e. The fourth-order valence-corrected chi connectivity index (χ4v) is 3.06. The molecular formula is C19H29N7O8S. The SMILES string of the molecule is NC(=O)CCC(N)C(=O)NC(CCC(=O)O)C(=O)NC(CS)C(=O)NC(Cc1cnc[nH]1)C(=O)O. The number of H-pyrrole nitrogens is 1. The number of nitrogens with one attached hydrogen (secondary N) is 4. The summed E-state index contributed by atoms with van der Waals surface area (Å²) in [6, 6.07) is -5.21. The number of carboxylic acids is 2. The molecule has 1 aromatic rings. The van der Waals surface area contributed by atoms with E-state index in [1.165, 1.54) is 12.5 Å². The van der Waals surface area contributed by atoms with Crippen molar-refractivity contribution in [2.75, 3.05) is 5.75 Å². The van der Waals surface area contributed by atoms with Crippen LogP contribution >= 0.6 is 12.6 Å². The molecule has 194 valence electrons. The number of amides is 4. The average molecular weight is 516 g/mol. The Labute approximate surface area is 205 Å². The van der Waals surface area contributed by atoms with Crippen LogP contribution in [0.25, 0.3) is 0 Å². The maximum Gasteiger partial charge on any atom is 0.326 e. The summed E-state index contributed by atoms with van der Waals surface area (Å²) in [5, 5.41) is 25.3. The number of nitrogens with two attached hydrogens (primary N) is 2. The van der Waals surface area contributed by atoms with Crippen molar-refractivity contribution < 1.29 is 39.0 Å². The van der Waals surface area contributed by atoms with Crippen LogP contribution in [0.5, 0.6) is 0 Å². The molecule has 0 spiro atoms. The number of carbonyl (C=O) groups is 6. The minimum absolute atomic E-state index is 0.0942. The number of nitrogens with zero attached hydrogens (tertiary/aromatic N) is 1. The summed E-state index contributed by atoms with van der Waals surface area (Å²) in [5.74, 6) is -6.06. The molecule has 0 radical (unpaired) electrons. The van der Waals surface area contributed by atoms with Crippen LogP contribution in [0.4, 0.5) is 0 Å². The molecule has 0 saturated heterocycles. The number of carbonyl (C=O) groups excluding carboxylic acids is 4. The lowest BCUT2D eigenvalue weighted by atomic mass is 10.1. The van der Waals surface area contributed by atoms with E-state index in [9.17, 15) is 33.9 Å². The number of carboxylic acid groups (broad SMARTS) is 2. The Morgan fingerprint density at radius 3 is 2.06 bits per heavy atom. The van der Waals surface area contributed by atoms with Crippen LogP contribution in [0.1, 0.15) is 31.4 Å². The fourth-order valence-electron chi connectivity index (χ4n) is 2.80. The van der Waals surface area contributed by atoms with Crippen molar-refractivity contribution in [1.29, 1.82) is 0 Å². The molecular weight excluding hydrogens is 486 g/mol. The van der Waals surface area contributed by atoms with Gasteiger partial charge in [-0.1, -0.05) is 0 Å². The normalized spacial score (nSPS) is 14.1. The summed E-state index contributed by atoms with van der Waals surface area (Å²) >= 11 is 4.01. The molecule has 0 bridgehead atoms. The second-order valence-electron chi connectivity index (χ2n) is 7.53. The number of aliphatic carboxylic acids is 2. The van der Waals surface area contributed by atoms with E-state index in [0.29, 0.717) is 5.69 Å². The highest BCUT2D eigenvalue weighted by molar-refractivity contribution is 7.80. The zero-order valence-corrected chi connectivity index (χ0v) is 19.5. The summed E-state index contributed by atoms with van der Waals surface area (Å²) in [4.78, 5) is 77.5. The van der Waals surface area contributed by atoms with E-state index < -0.39 is 66.2 Å². The van der Waals surface area contributed by atoms with Gasteiger partial charge in [-0.05, 0) is 12.8 Å². The second kappa shape index (κ2) is 14.6. The fraction of sp³-hybridized carbons (Fsp3) is 0.526. The van der Waals surface area contributed by atoms with E-state index in [4.69, 9.17) is 16.6 Å². The Balaban J connectivity index is 2.85. The predicted molar refractivity (Wildman–Crippen MR) is 123 cm³/mol. The monoisotopic (exact) mass is 515 g/mol. The number of hydrogen-bond donors (Lipinski definition) is 9. The standard InChI is InChI=1S/C19H29N7O8S/c20-10(1-3-14(21)27)16(30)24-11(2-4-15(28)29)17(31)26-13(7-35)18(32)25-12(19(33)34)5-9-6-22-8-23-9/h6,8,10-13,35H,1-5,7,20H2,(H2,21,27)(H,22,23)(H,24,30)(H,25,32)(H,26,31)(H,28,29)(H,33,34). The van der Waals surface area contributed by atoms with E-state index in [2.05, 4.69) is 38.5 Å². The molecule has 16 heteroatoms. The van der Waals surface area contributed by atoms with Crippen LogP contribution in [0.2, 0.25) is 0 Å². The van der Waals surface area contributed by atoms with E-state index >= 15 is 0 Å². The highest BCUT2D eigenvalue weighted by atomic mass is 32.1. The molecule has 0 fully saturated rings. The second-order valence-corrected chi connectivity index (χ2v) is 7.89. The van der Waals surface area contributed by atoms with Crippen molar-refractivity contribution in [2.24, 2.45) is 11.5 Å². The van der Waals surface area contributed by atoms with Crippen molar-refractivity contribution in [1.82, 2.24) is 25.9 Å². The minimum Gasteiger partial charge on any atom is -0.481 e. The predicted octanol–water partition coefficient (Wildman–Crippen LogP) is -3.12. The number of thiol groups is 1. The van der Waals surface area contributed by atoms with Gasteiger partial charge in [-0.3, -0.25) is 24.0 Å². The smallest absolute Gasteiger partial charge is 0.326 e. The third-order valence-corrected chi connectivity index (χ3v) is 5.09. The molecule has 4 atom stereocenters. The first kappa shape index (κ1) is 29.4. The molecule has 15 nitrogen and oxygen atoms in total. The number of aromatic amines is 1. The average Bonchev–Trinajstić information content (AvgIpc) is 3.30. The maximum atomic E-state index is 12.8. The molecule has 10 N–H and O–H groups in total. The Hall–Kier alpha value is -3.66. The first-order valence-corrected chi connectivity index (χ1v) is 11.1. The van der Waals surface area contributed by atoms with Crippen LogP contribution in [0, 0.1) is 0 Å². The van der Waals surface area contributed by atoms with Crippen molar-refractivity contribution in [3.05, 3.63) is 18.2 Å². The van der Waals surface area contributed by atoms with Crippen molar-refractivity contribution in [2.45, 2.75) is 56.3 Å². The van der Waals surface area contributed by atoms with Crippen molar-refractivity contribution in [3.63, 3.8) is 0 Å². The van der Waals surface area contributed by atoms with Crippen LogP contribution in [0.15, 0.2) is 12.5 Å². The van der Waals surface area contributed by atoms with Crippen LogP contribution in [-0.4, -0.2) is 85.7 Å². The molecule has 4 amide bonds. The molecule has 0 saturated carbocycles. The Morgan fingerprint density at radius 1 is 0.943 bits per heavy atom. The topological polar surface area (TPSA) is 260 Å². The van der Waals surface area contributed by atoms with E-state index in [-0.39, 0.29) is 31.4 Å². The molecule has 1 heterocycles. The lowest BCUT2D eigenvalue weighted by Crippen LogP contribution is -2.58. The van der Waals surface area contributed by atoms with E-state index in [0.717, 1.165) is 0 Å². The molecule has 0 aliphatic carbocycles. The molecule has 0 aromatic carbocycles. The van der Waals surface area contributed by atoms with Crippen molar-refractivity contribution in [3.8, 4) is 0 Å². The molecule has 0 aliphatic rings. The summed E-state index contributed by atoms with van der Waals surface area (Å²) in [6.07, 6.45) is 1.55. The van der Waals surface area contributed by atoms with Gasteiger partial charge in [0.05, 0.1) is 12.4 Å². The quantitative estimate of drug-likeness (QED) is 0.1000. The highest BCUT2D eigenvalue weighted by Gasteiger charge is 2.30. The molecule has 35 heavy (non-hydrogen) atoms. The van der Waals surface area contributed by atoms with Crippen LogP contribution < -0.4 is 27.4 Å². The van der Waals surface area contributed by atoms with E-state index in [1.54, 1.807) is 0 Å². The zero-order chi connectivity index (χ0) is 26.5. The van der Waals surface area contributed by atoms with Crippen LogP contribution in [-0.2, 0) is 35.2 Å². The van der Waals surface area contributed by atoms with Gasteiger partial charge in [0.2, 0.25) is 23.6 Å². The maximum absolute atomic E-state index is 12.8. The van der Waals surface area contributed by atoms with Gasteiger partial charge >= 0.3 is 11.9 Å². The van der Waals surface area contributed by atoms with Crippen LogP contribution in [0.3, 0.4) is 0 Å². The van der Waals surface area contributed by atoms with Gasteiger partial charge < -0.3 is 42.6 Å². The number of primary amides is 1. The van der Waals surface area contributed by atoms with Gasteiger partial charge in [0.1, 0.15) is 18.1 Å². The lowest BCUT2D eigenvalue weighted by molar-refractivity contribution is -0.142. The van der Waals surface area contributed by atoms with Crippen molar-refractivity contribution >= 4 is 48.2 Å². The summed E-state index contributed by atoms with van der Waals surface area (Å²) in [6.45, 7) is 0. The molecule has 0 aliphatic heterocycles. The molecule has 1 aromatic heterocycles. The summed E-state index contributed by atoms with van der Waals surface area (Å²) in [7, 11) is 0. The third-order valence-electron chi connectivity index (χ3n) is 4.73. The number of rotatable bonds is 16. The number of hydrogen-bond acceptors (Lipinski definition) is 9. The van der Waals surface area contributed by atoms with Gasteiger partial charge in [0, 0.05) is 36.9 Å². The minimum atomic E-state index is -1.38. The first-order chi connectivity index (χ1) is 16.4. The van der Waals surface area contributed by atoms with Gasteiger partial charge in [0.25, 0.3) is 0 Å². The lowest BCUT2D eigenvalue weighted by Gasteiger charge is -2.24. The number of imidazole rings is 1. The molecule has 1 rings (SSSR count). The molecule has 4 unspecified atom stereocenters. The third kappa shape index (κ3) is 10.9. The highest BCUT2D eigenvalue weighted by Crippen LogP contribution is 2.04. The Kier molecular flexibility index (Phi) is 12.2. The summed E-state index contributed by atoms with van der Waals surface area (Å²) < 4.78 is 0. The zero-order valence-electron chi connectivity index (χ0n) is 18.6. The summed E-state index contributed by atoms with van der Waals surface area (Å²) in [5.41, 5.74) is 11.1. The Morgan fingerprint density at radius 2 is 1.54 bits per heavy atom. The van der Waals surface area contributed by atoms with E-state index in [1.807, 2.05) is 0 Å². The first-order valence-electron chi connectivity index (χ1n) is 10.4. The van der Waals surface area contributed by atoms with Gasteiger partial charge in [0.15, 0.2) is 0 Å². The van der Waals surface area contributed by atoms with Gasteiger partial charge in [-0.2, -0.15) is 12.6 Å². The van der Waals surface area contributed by atoms with Gasteiger partial charge in [-0.15, -0.1) is 0 Å². The number of aromatic nitrogens is 2. The van der Waals surface area contributed by atoms with Gasteiger partial charge in [-0.25, -0.2) is 9.78 Å².